The Balaban J connectivity index is 1.58. The zero-order chi connectivity index (χ0) is 28.7. The van der Waals surface area contributed by atoms with Gasteiger partial charge in [0.1, 0.15) is 6.04 Å². The average molecular weight is 580 g/mol. The van der Waals surface area contributed by atoms with Crippen LogP contribution in [0.4, 0.5) is 0 Å². The summed E-state index contributed by atoms with van der Waals surface area (Å²) in [4.78, 5) is 34.0. The van der Waals surface area contributed by atoms with Crippen LogP contribution in [-0.4, -0.2) is 21.7 Å². The smallest absolute Gasteiger partial charge is 0.338 e. The first-order valence-electron chi connectivity index (χ1n) is 13.4. The summed E-state index contributed by atoms with van der Waals surface area (Å²) in [6, 6.07) is 23.4. The van der Waals surface area contributed by atoms with Crippen LogP contribution in [0, 0.1) is 20.8 Å². The number of aromatic nitrogens is 2. The van der Waals surface area contributed by atoms with Gasteiger partial charge >= 0.3 is 5.97 Å². The maximum Gasteiger partial charge on any atom is 0.338 e. The maximum absolute atomic E-state index is 14.1. The molecule has 4 heterocycles. The van der Waals surface area contributed by atoms with Crippen LogP contribution in [0.15, 0.2) is 93.5 Å². The first-order chi connectivity index (χ1) is 19.9. The van der Waals surface area contributed by atoms with Gasteiger partial charge in [-0.1, -0.05) is 65.4 Å². The number of thiazole rings is 1. The summed E-state index contributed by atoms with van der Waals surface area (Å²) in [5.74, 6) is -0.468. The Bertz CT molecular complexity index is 1960. The minimum atomic E-state index is -0.636. The highest BCUT2D eigenvalue weighted by atomic mass is 32.1. The lowest BCUT2D eigenvalue weighted by molar-refractivity contribution is -0.138. The number of carbonyl (C=O) groups is 1. The second-order valence-electron chi connectivity index (χ2n) is 9.94. The second kappa shape index (κ2) is 11.0. The van der Waals surface area contributed by atoms with Crippen molar-refractivity contribution in [3.63, 3.8) is 0 Å². The van der Waals surface area contributed by atoms with Crippen molar-refractivity contribution in [3.05, 3.63) is 136 Å². The topological polar surface area (TPSA) is 65.6 Å². The molecular weight excluding hydrogens is 551 g/mol. The summed E-state index contributed by atoms with van der Waals surface area (Å²) < 4.78 is 9.94. The Labute approximate surface area is 245 Å². The van der Waals surface area contributed by atoms with Gasteiger partial charge in [-0.15, -0.1) is 11.3 Å². The largest absolute Gasteiger partial charge is 0.463 e. The Hall–Kier alpha value is -4.27. The van der Waals surface area contributed by atoms with Crippen molar-refractivity contribution in [2.45, 2.75) is 33.7 Å². The molecule has 0 saturated carbocycles. The first kappa shape index (κ1) is 26.9. The zero-order valence-electron chi connectivity index (χ0n) is 23.3. The summed E-state index contributed by atoms with van der Waals surface area (Å²) in [5, 5.41) is 1.95. The molecule has 6 nitrogen and oxygen atoms in total. The van der Waals surface area contributed by atoms with Gasteiger partial charge in [0.2, 0.25) is 0 Å². The summed E-state index contributed by atoms with van der Waals surface area (Å²) in [7, 11) is 0. The van der Waals surface area contributed by atoms with Gasteiger partial charge in [-0.05, 0) is 69.0 Å². The number of rotatable bonds is 6. The van der Waals surface area contributed by atoms with Gasteiger partial charge in [0.05, 0.1) is 22.4 Å². The molecule has 0 radical (unpaired) electrons. The number of fused-ring (bicyclic) bond motifs is 1. The molecule has 8 heteroatoms. The van der Waals surface area contributed by atoms with E-state index in [-0.39, 0.29) is 12.2 Å². The van der Waals surface area contributed by atoms with E-state index >= 15 is 0 Å². The van der Waals surface area contributed by atoms with Crippen LogP contribution in [0.25, 0.3) is 17.5 Å². The molecule has 206 valence electrons. The molecule has 2 aromatic carbocycles. The van der Waals surface area contributed by atoms with Gasteiger partial charge in [-0.3, -0.25) is 9.36 Å². The predicted molar refractivity (Wildman–Crippen MR) is 165 cm³/mol. The maximum atomic E-state index is 14.1. The predicted octanol–water partition coefficient (Wildman–Crippen LogP) is 5.71. The molecule has 5 aromatic rings. The summed E-state index contributed by atoms with van der Waals surface area (Å²) in [5.41, 5.74) is 6.91. The van der Waals surface area contributed by atoms with Crippen LogP contribution in [0.3, 0.4) is 0 Å². The van der Waals surface area contributed by atoms with Gasteiger partial charge in [0.15, 0.2) is 4.80 Å². The first-order valence-corrected chi connectivity index (χ1v) is 15.1. The molecule has 0 unspecified atom stereocenters. The van der Waals surface area contributed by atoms with E-state index in [9.17, 15) is 9.59 Å². The fourth-order valence-electron chi connectivity index (χ4n) is 5.32. The lowest BCUT2D eigenvalue weighted by Gasteiger charge is -2.24. The molecule has 0 saturated heterocycles. The lowest BCUT2D eigenvalue weighted by atomic mass is 9.97. The molecule has 6 rings (SSSR count). The molecular formula is C33H29N3O3S2. The summed E-state index contributed by atoms with van der Waals surface area (Å²) in [6.07, 6.45) is 1.94. The van der Waals surface area contributed by atoms with Crippen molar-refractivity contribution < 1.29 is 9.53 Å². The Morgan fingerprint density at radius 3 is 2.46 bits per heavy atom. The third-order valence-corrected chi connectivity index (χ3v) is 9.14. The van der Waals surface area contributed by atoms with Crippen molar-refractivity contribution in [3.8, 4) is 5.69 Å². The molecule has 1 atom stereocenters. The lowest BCUT2D eigenvalue weighted by Crippen LogP contribution is -2.39. The van der Waals surface area contributed by atoms with Gasteiger partial charge in [0.25, 0.3) is 5.56 Å². The fourth-order valence-corrected chi connectivity index (χ4v) is 7.14. The van der Waals surface area contributed by atoms with Crippen molar-refractivity contribution in [1.82, 2.24) is 9.13 Å². The van der Waals surface area contributed by atoms with Crippen LogP contribution >= 0.6 is 22.7 Å². The number of carbonyl (C=O) groups excluding carboxylic acids is 1. The number of nitrogens with zero attached hydrogens (tertiary/aromatic N) is 3. The van der Waals surface area contributed by atoms with E-state index in [4.69, 9.17) is 9.73 Å². The van der Waals surface area contributed by atoms with Crippen LogP contribution in [0.1, 0.15) is 45.9 Å². The quantitative estimate of drug-likeness (QED) is 0.242. The third kappa shape index (κ3) is 4.83. The molecule has 0 spiro atoms. The molecule has 0 aliphatic carbocycles. The van der Waals surface area contributed by atoms with Crippen LogP contribution in [-0.2, 0) is 9.53 Å². The van der Waals surface area contributed by atoms with Gasteiger partial charge < -0.3 is 9.30 Å². The highest BCUT2D eigenvalue weighted by molar-refractivity contribution is 7.10. The molecule has 0 bridgehead atoms. The Morgan fingerprint density at radius 2 is 1.78 bits per heavy atom. The van der Waals surface area contributed by atoms with E-state index < -0.39 is 12.0 Å². The van der Waals surface area contributed by atoms with E-state index in [1.807, 2.05) is 53.9 Å². The molecule has 1 aliphatic heterocycles. The standard InChI is InChI=1S/C33H29N3O3S2/c1-5-39-32(38)28-29(23-10-7-6-8-11-23)34-33-36(30(28)26-12-9-17-40-26)31(37)27(41-33)19-24-18-21(3)35(22(24)4)25-15-13-20(2)14-16-25/h6-19,30H,5H2,1-4H3/b27-19-/t30-/m0/s1. The van der Waals surface area contributed by atoms with Gasteiger partial charge in [-0.25, -0.2) is 9.79 Å². The zero-order valence-corrected chi connectivity index (χ0v) is 24.9. The average Bonchev–Trinajstić information content (AvgIpc) is 3.68. The molecule has 0 fully saturated rings. The summed E-state index contributed by atoms with van der Waals surface area (Å²) in [6.45, 7) is 8.22. The number of thiophene rings is 1. The Kier molecular flexibility index (Phi) is 7.19. The SMILES string of the molecule is CCOC(=O)C1=C(c2ccccc2)N=c2s/c(=C\c3cc(C)n(-c4ccc(C)cc4)c3C)c(=O)n2[C@H]1c1cccs1. The monoisotopic (exact) mass is 579 g/mol. The highest BCUT2D eigenvalue weighted by Crippen LogP contribution is 2.36. The number of hydrogen-bond donors (Lipinski definition) is 0. The Morgan fingerprint density at radius 1 is 1.02 bits per heavy atom. The van der Waals surface area contributed by atoms with Crippen LogP contribution < -0.4 is 14.9 Å². The van der Waals surface area contributed by atoms with Crippen molar-refractivity contribution >= 4 is 40.4 Å². The number of hydrogen-bond acceptors (Lipinski definition) is 6. The molecule has 0 amide bonds. The number of esters is 1. The number of benzene rings is 2. The minimum Gasteiger partial charge on any atom is -0.463 e. The van der Waals surface area contributed by atoms with Crippen LogP contribution in [0.5, 0.6) is 0 Å². The second-order valence-corrected chi connectivity index (χ2v) is 11.9. The summed E-state index contributed by atoms with van der Waals surface area (Å²) >= 11 is 2.85. The van der Waals surface area contributed by atoms with E-state index in [1.54, 1.807) is 11.5 Å². The van der Waals surface area contributed by atoms with Gasteiger partial charge in [-0.2, -0.15) is 0 Å². The van der Waals surface area contributed by atoms with Crippen LogP contribution in [0.2, 0.25) is 0 Å². The molecule has 41 heavy (non-hydrogen) atoms. The third-order valence-electron chi connectivity index (χ3n) is 7.24. The van der Waals surface area contributed by atoms with E-state index in [1.165, 1.54) is 28.2 Å². The highest BCUT2D eigenvalue weighted by Gasteiger charge is 2.35. The molecule has 0 N–H and O–H groups in total. The number of ether oxygens (including phenoxy) is 1. The molecule has 1 aliphatic rings. The van der Waals surface area contributed by atoms with Crippen molar-refractivity contribution in [2.24, 2.45) is 4.99 Å². The van der Waals surface area contributed by atoms with E-state index in [2.05, 4.69) is 55.7 Å². The normalized spacial score (nSPS) is 15.1. The van der Waals surface area contributed by atoms with Gasteiger partial charge in [0, 0.05) is 27.5 Å². The van der Waals surface area contributed by atoms with Crippen molar-refractivity contribution in [1.29, 1.82) is 0 Å². The number of aryl methyl sites for hydroxylation is 2. The fraction of sp³-hybridized carbons (Fsp3) is 0.182. The van der Waals surface area contributed by atoms with E-state index in [0.29, 0.717) is 20.6 Å². The molecule has 3 aromatic heterocycles. The minimum absolute atomic E-state index is 0.179. The van der Waals surface area contributed by atoms with Crippen molar-refractivity contribution in [2.75, 3.05) is 6.61 Å². The van der Waals surface area contributed by atoms with E-state index in [0.717, 1.165) is 33.1 Å².